The number of benzene rings is 2. The fourth-order valence-corrected chi connectivity index (χ4v) is 4.12. The molecular formula is C22H21ClN4O3S. The van der Waals surface area contributed by atoms with Crippen molar-refractivity contribution in [1.82, 2.24) is 9.55 Å². The van der Waals surface area contributed by atoms with Crippen LogP contribution in [-0.2, 0) is 16.1 Å². The lowest BCUT2D eigenvalue weighted by Crippen LogP contribution is -2.33. The van der Waals surface area contributed by atoms with Crippen molar-refractivity contribution in [3.05, 3.63) is 63.9 Å². The van der Waals surface area contributed by atoms with Crippen molar-refractivity contribution in [3.63, 3.8) is 0 Å². The molecule has 0 unspecified atom stereocenters. The smallest absolute Gasteiger partial charge is 0.262 e. The van der Waals surface area contributed by atoms with Gasteiger partial charge >= 0.3 is 0 Å². The van der Waals surface area contributed by atoms with Gasteiger partial charge in [0, 0.05) is 31.0 Å². The highest BCUT2D eigenvalue weighted by Gasteiger charge is 2.18. The zero-order valence-corrected chi connectivity index (χ0v) is 18.5. The number of nitrogens with zero attached hydrogens (tertiary/aromatic N) is 4. The van der Waals surface area contributed by atoms with Crippen molar-refractivity contribution in [2.24, 2.45) is 0 Å². The minimum atomic E-state index is -0.248. The van der Waals surface area contributed by atoms with Gasteiger partial charge in [0.25, 0.3) is 5.56 Å². The lowest BCUT2D eigenvalue weighted by atomic mass is 10.2. The molecule has 0 bridgehead atoms. The zero-order valence-electron chi connectivity index (χ0n) is 17.0. The number of aromatic nitrogens is 2. The molecule has 0 atom stereocenters. The van der Waals surface area contributed by atoms with Gasteiger partial charge in [-0.15, -0.1) is 0 Å². The Morgan fingerprint density at radius 3 is 2.77 bits per heavy atom. The van der Waals surface area contributed by atoms with Gasteiger partial charge in [0.05, 0.1) is 22.7 Å². The maximum Gasteiger partial charge on any atom is 0.262 e. The fraction of sp³-hybridized carbons (Fsp3) is 0.273. The number of thioether (sulfide) groups is 1. The number of para-hydroxylation sites is 1. The summed E-state index contributed by atoms with van der Waals surface area (Å²) in [5.74, 6) is -0.221. The molecule has 2 aromatic carbocycles. The first kappa shape index (κ1) is 22.8. The van der Waals surface area contributed by atoms with E-state index in [0.29, 0.717) is 46.3 Å². The molecule has 160 valence electrons. The molecular weight excluding hydrogens is 436 g/mol. The minimum absolute atomic E-state index is 0.0271. The third-order valence-electron chi connectivity index (χ3n) is 4.54. The van der Waals surface area contributed by atoms with Crippen LogP contribution in [-0.4, -0.2) is 41.5 Å². The monoisotopic (exact) mass is 456 g/mol. The summed E-state index contributed by atoms with van der Waals surface area (Å²) in [5.41, 5.74) is 0.933. The van der Waals surface area contributed by atoms with E-state index in [-0.39, 0.29) is 23.8 Å². The van der Waals surface area contributed by atoms with E-state index in [4.69, 9.17) is 21.6 Å². The lowest BCUT2D eigenvalue weighted by Gasteiger charge is -2.20. The molecule has 0 aliphatic rings. The van der Waals surface area contributed by atoms with Crippen molar-refractivity contribution in [3.8, 4) is 6.07 Å². The van der Waals surface area contributed by atoms with Gasteiger partial charge in [0.2, 0.25) is 5.91 Å². The van der Waals surface area contributed by atoms with Crippen molar-refractivity contribution in [2.75, 3.05) is 30.9 Å². The van der Waals surface area contributed by atoms with E-state index in [1.54, 1.807) is 42.0 Å². The molecule has 0 N–H and O–H groups in total. The van der Waals surface area contributed by atoms with Crippen LogP contribution in [0.1, 0.15) is 6.42 Å². The Bertz CT molecular complexity index is 1160. The third-order valence-corrected chi connectivity index (χ3v) is 5.73. The van der Waals surface area contributed by atoms with E-state index in [1.807, 2.05) is 24.3 Å². The predicted molar refractivity (Wildman–Crippen MR) is 123 cm³/mol. The molecule has 3 rings (SSSR count). The second-order valence-electron chi connectivity index (χ2n) is 6.62. The van der Waals surface area contributed by atoms with Gasteiger partial charge in [-0.05, 0) is 36.8 Å². The summed E-state index contributed by atoms with van der Waals surface area (Å²) in [7, 11) is 1.60. The van der Waals surface area contributed by atoms with Crippen LogP contribution in [0.5, 0.6) is 0 Å². The molecule has 0 aliphatic carbocycles. The molecule has 1 heterocycles. The van der Waals surface area contributed by atoms with Gasteiger partial charge in [-0.3, -0.25) is 19.1 Å². The van der Waals surface area contributed by atoms with Crippen LogP contribution in [0.2, 0.25) is 5.02 Å². The van der Waals surface area contributed by atoms with E-state index in [2.05, 4.69) is 4.98 Å². The third kappa shape index (κ3) is 5.64. The number of hydrogen-bond acceptors (Lipinski definition) is 6. The molecule has 9 heteroatoms. The number of fused-ring (bicyclic) bond motifs is 1. The van der Waals surface area contributed by atoms with Gasteiger partial charge in [-0.2, -0.15) is 5.26 Å². The largest absolute Gasteiger partial charge is 0.385 e. The molecule has 0 aliphatic heterocycles. The molecule has 31 heavy (non-hydrogen) atoms. The van der Waals surface area contributed by atoms with Crippen LogP contribution in [0.4, 0.5) is 5.69 Å². The summed E-state index contributed by atoms with van der Waals surface area (Å²) in [4.78, 5) is 31.9. The quantitative estimate of drug-likeness (QED) is 0.211. The van der Waals surface area contributed by atoms with Crippen LogP contribution >= 0.6 is 23.4 Å². The molecule has 1 aromatic heterocycles. The second kappa shape index (κ2) is 11.0. The van der Waals surface area contributed by atoms with Gasteiger partial charge in [0.1, 0.15) is 6.54 Å². The van der Waals surface area contributed by atoms with Crippen LogP contribution in [0.15, 0.2) is 58.5 Å². The Hall–Kier alpha value is -2.86. The average Bonchev–Trinajstić information content (AvgIpc) is 2.78. The molecule has 0 saturated heterocycles. The first-order chi connectivity index (χ1) is 15.0. The Labute approximate surface area is 189 Å². The summed E-state index contributed by atoms with van der Waals surface area (Å²) in [5, 5.41) is 10.5. The van der Waals surface area contributed by atoms with E-state index in [1.165, 1.54) is 4.90 Å². The number of amides is 1. The standard InChI is InChI=1S/C22H21ClN4O3S/c1-30-13-5-11-27-21(29)18-9-8-16(23)14-19(18)25-22(27)31-15-20(28)26(12-10-24)17-6-3-2-4-7-17/h2-4,6-9,14H,5,11-13,15H2,1H3. The van der Waals surface area contributed by atoms with Crippen LogP contribution in [0, 0.1) is 11.3 Å². The highest BCUT2D eigenvalue weighted by molar-refractivity contribution is 7.99. The molecule has 1 amide bonds. The van der Waals surface area contributed by atoms with E-state index >= 15 is 0 Å². The average molecular weight is 457 g/mol. The number of ether oxygens (including phenoxy) is 1. The first-order valence-corrected chi connectivity index (χ1v) is 11.0. The fourth-order valence-electron chi connectivity index (χ4n) is 3.05. The highest BCUT2D eigenvalue weighted by atomic mass is 35.5. The minimum Gasteiger partial charge on any atom is -0.385 e. The number of carbonyl (C=O) groups is 1. The van der Waals surface area contributed by atoms with E-state index in [0.717, 1.165) is 11.8 Å². The van der Waals surface area contributed by atoms with Gasteiger partial charge in [-0.1, -0.05) is 41.6 Å². The van der Waals surface area contributed by atoms with Crippen molar-refractivity contribution < 1.29 is 9.53 Å². The summed E-state index contributed by atoms with van der Waals surface area (Å²) < 4.78 is 6.66. The topological polar surface area (TPSA) is 88.2 Å². The van der Waals surface area contributed by atoms with Gasteiger partial charge in [0.15, 0.2) is 5.16 Å². The number of anilines is 1. The molecule has 0 fully saturated rings. The Morgan fingerprint density at radius 2 is 2.06 bits per heavy atom. The SMILES string of the molecule is COCCCn1c(SCC(=O)N(CC#N)c2ccccc2)nc2cc(Cl)ccc2c1=O. The van der Waals surface area contributed by atoms with Crippen molar-refractivity contribution >= 4 is 45.9 Å². The normalized spacial score (nSPS) is 10.7. The lowest BCUT2D eigenvalue weighted by molar-refractivity contribution is -0.116. The maximum absolute atomic E-state index is 13.0. The summed E-state index contributed by atoms with van der Waals surface area (Å²) in [6.45, 7) is 0.845. The Balaban J connectivity index is 1.89. The number of rotatable bonds is 9. The Morgan fingerprint density at radius 1 is 1.29 bits per heavy atom. The molecule has 7 nitrogen and oxygen atoms in total. The summed E-state index contributed by atoms with van der Waals surface area (Å²) >= 11 is 7.24. The van der Waals surface area contributed by atoms with Crippen LogP contribution < -0.4 is 10.5 Å². The molecule has 0 radical (unpaired) electrons. The highest BCUT2D eigenvalue weighted by Crippen LogP contribution is 2.22. The number of carbonyl (C=O) groups excluding carboxylic acids is 1. The van der Waals surface area contributed by atoms with Gasteiger partial charge in [-0.25, -0.2) is 4.98 Å². The van der Waals surface area contributed by atoms with E-state index in [9.17, 15) is 9.59 Å². The van der Waals surface area contributed by atoms with Crippen molar-refractivity contribution in [1.29, 1.82) is 5.26 Å². The van der Waals surface area contributed by atoms with Crippen LogP contribution in [0.3, 0.4) is 0 Å². The number of halogens is 1. The summed E-state index contributed by atoms with van der Waals surface area (Å²) in [6, 6.07) is 16.0. The first-order valence-electron chi connectivity index (χ1n) is 9.59. The zero-order chi connectivity index (χ0) is 22.2. The molecule has 3 aromatic rings. The number of methoxy groups -OCH3 is 1. The van der Waals surface area contributed by atoms with Crippen LogP contribution in [0.25, 0.3) is 10.9 Å². The molecule has 0 spiro atoms. The molecule has 0 saturated carbocycles. The Kier molecular flexibility index (Phi) is 8.06. The van der Waals surface area contributed by atoms with Crippen molar-refractivity contribution in [2.45, 2.75) is 18.1 Å². The number of hydrogen-bond donors (Lipinski definition) is 0. The van der Waals surface area contributed by atoms with E-state index < -0.39 is 0 Å². The second-order valence-corrected chi connectivity index (χ2v) is 8.00. The van der Waals surface area contributed by atoms with Gasteiger partial charge < -0.3 is 4.74 Å². The summed E-state index contributed by atoms with van der Waals surface area (Å²) in [6.07, 6.45) is 0.628. The maximum atomic E-state index is 13.0. The number of nitriles is 1. The predicted octanol–water partition coefficient (Wildman–Crippen LogP) is 3.74.